The van der Waals surface area contributed by atoms with Crippen molar-refractivity contribution in [1.29, 1.82) is 5.26 Å². The summed E-state index contributed by atoms with van der Waals surface area (Å²) >= 11 is 0. The van der Waals surface area contributed by atoms with Gasteiger partial charge in [-0.2, -0.15) is 5.26 Å². The third-order valence-corrected chi connectivity index (χ3v) is 3.33. The molecule has 114 valence electrons. The highest BCUT2D eigenvalue weighted by Gasteiger charge is 2.31. The molecule has 0 aliphatic carbocycles. The van der Waals surface area contributed by atoms with Gasteiger partial charge in [0.25, 0.3) is 17.4 Å². The number of carbonyl (C=O) groups excluding carboxylic acids is 2. The summed E-state index contributed by atoms with van der Waals surface area (Å²) in [4.78, 5) is 35.7. The number of nitriles is 1. The molecule has 23 heavy (non-hydrogen) atoms. The second kappa shape index (κ2) is 5.31. The first-order valence-electron chi connectivity index (χ1n) is 6.54. The summed E-state index contributed by atoms with van der Waals surface area (Å²) in [6.45, 7) is -0.144. The summed E-state index contributed by atoms with van der Waals surface area (Å²) in [5.41, 5.74) is 5.67. The van der Waals surface area contributed by atoms with Crippen molar-refractivity contribution in [3.63, 3.8) is 0 Å². The first-order chi connectivity index (χ1) is 11.0. The number of ether oxygens (including phenoxy) is 1. The summed E-state index contributed by atoms with van der Waals surface area (Å²) < 4.78 is 6.28. The van der Waals surface area contributed by atoms with Crippen molar-refractivity contribution in [2.75, 3.05) is 12.3 Å². The third kappa shape index (κ3) is 2.30. The molecule has 0 radical (unpaired) electrons. The van der Waals surface area contributed by atoms with Crippen LogP contribution in [-0.2, 0) is 0 Å². The van der Waals surface area contributed by atoms with E-state index in [1.807, 2.05) is 6.07 Å². The zero-order valence-electron chi connectivity index (χ0n) is 11.7. The molecule has 0 atom stereocenters. The number of fused-ring (bicyclic) bond motifs is 1. The van der Waals surface area contributed by atoms with Crippen molar-refractivity contribution >= 4 is 17.6 Å². The van der Waals surface area contributed by atoms with Crippen molar-refractivity contribution in [3.8, 4) is 17.5 Å². The number of nitrogens with zero attached hydrogens (tertiary/aromatic N) is 2. The molecule has 1 aliphatic heterocycles. The monoisotopic (exact) mass is 310 g/mol. The van der Waals surface area contributed by atoms with Gasteiger partial charge in [-0.25, -0.2) is 0 Å². The van der Waals surface area contributed by atoms with Gasteiger partial charge in [0.15, 0.2) is 6.61 Å². The molecule has 2 heterocycles. The van der Waals surface area contributed by atoms with Crippen molar-refractivity contribution in [2.24, 2.45) is 0 Å². The van der Waals surface area contributed by atoms with E-state index in [2.05, 4.69) is 5.32 Å². The van der Waals surface area contributed by atoms with E-state index in [1.165, 1.54) is 6.07 Å². The lowest BCUT2D eigenvalue weighted by Gasteiger charge is -2.12. The lowest BCUT2D eigenvalue weighted by atomic mass is 10.1. The SMILES string of the molecule is N#CCOc1cccc(-n2c(N)c3c(cc2=O)C(=O)NC3=O)c1. The molecule has 3 N–H and O–H groups in total. The van der Waals surface area contributed by atoms with Crippen LogP contribution in [0, 0.1) is 11.3 Å². The van der Waals surface area contributed by atoms with E-state index in [0.29, 0.717) is 11.4 Å². The van der Waals surface area contributed by atoms with Crippen molar-refractivity contribution in [1.82, 2.24) is 9.88 Å². The standard InChI is InChI=1S/C15H10N4O4/c16-4-5-23-9-3-1-2-8(6-9)19-11(20)7-10-12(13(19)17)15(22)18-14(10)21/h1-3,6-7H,5,17H2,(H,18,21,22). The van der Waals surface area contributed by atoms with Crippen LogP contribution in [0.3, 0.4) is 0 Å². The van der Waals surface area contributed by atoms with E-state index < -0.39 is 17.4 Å². The van der Waals surface area contributed by atoms with Gasteiger partial charge in [-0.3, -0.25) is 24.3 Å². The normalized spacial score (nSPS) is 12.5. The Morgan fingerprint density at radius 3 is 2.74 bits per heavy atom. The van der Waals surface area contributed by atoms with E-state index in [4.69, 9.17) is 15.7 Å². The van der Waals surface area contributed by atoms with Gasteiger partial charge in [0.1, 0.15) is 17.6 Å². The van der Waals surface area contributed by atoms with Gasteiger partial charge in [0, 0.05) is 12.1 Å². The summed E-state index contributed by atoms with van der Waals surface area (Å²) in [7, 11) is 0. The molecule has 0 bridgehead atoms. The Morgan fingerprint density at radius 1 is 1.22 bits per heavy atom. The fourth-order valence-electron chi connectivity index (χ4n) is 2.37. The lowest BCUT2D eigenvalue weighted by Crippen LogP contribution is -2.24. The largest absolute Gasteiger partial charge is 0.479 e. The van der Waals surface area contributed by atoms with Crippen LogP contribution in [-0.4, -0.2) is 23.0 Å². The number of rotatable bonds is 3. The minimum Gasteiger partial charge on any atom is -0.479 e. The third-order valence-electron chi connectivity index (χ3n) is 3.33. The molecule has 2 amide bonds. The van der Waals surface area contributed by atoms with E-state index in [1.54, 1.807) is 18.2 Å². The Hall–Kier alpha value is -3.60. The van der Waals surface area contributed by atoms with Gasteiger partial charge < -0.3 is 10.5 Å². The number of hydrogen-bond acceptors (Lipinski definition) is 6. The van der Waals surface area contributed by atoms with Crippen molar-refractivity contribution < 1.29 is 14.3 Å². The van der Waals surface area contributed by atoms with Crippen LogP contribution in [0.1, 0.15) is 20.7 Å². The van der Waals surface area contributed by atoms with Gasteiger partial charge >= 0.3 is 0 Å². The Labute approximate surface area is 129 Å². The average molecular weight is 310 g/mol. The second-order valence-electron chi connectivity index (χ2n) is 4.72. The molecule has 1 aromatic carbocycles. The number of anilines is 1. The summed E-state index contributed by atoms with van der Waals surface area (Å²) in [5, 5.41) is 10.6. The molecular formula is C15H10N4O4. The van der Waals surface area contributed by atoms with E-state index in [-0.39, 0.29) is 23.6 Å². The maximum Gasteiger partial charge on any atom is 0.262 e. The summed E-state index contributed by atoms with van der Waals surface area (Å²) in [5.74, 6) is -1.05. The van der Waals surface area contributed by atoms with Crippen LogP contribution in [0.15, 0.2) is 35.1 Å². The molecule has 8 nitrogen and oxygen atoms in total. The highest BCUT2D eigenvalue weighted by atomic mass is 16.5. The molecule has 1 aromatic heterocycles. The maximum absolute atomic E-state index is 12.3. The van der Waals surface area contributed by atoms with Crippen LogP contribution in [0.25, 0.3) is 5.69 Å². The topological polar surface area (TPSA) is 127 Å². The van der Waals surface area contributed by atoms with Crippen LogP contribution >= 0.6 is 0 Å². The van der Waals surface area contributed by atoms with Crippen molar-refractivity contribution in [2.45, 2.75) is 0 Å². The summed E-state index contributed by atoms with van der Waals surface area (Å²) in [6, 6.07) is 9.24. The van der Waals surface area contributed by atoms with Crippen LogP contribution in [0.2, 0.25) is 0 Å². The molecule has 0 unspecified atom stereocenters. The number of nitrogens with two attached hydrogens (primary N) is 1. The zero-order chi connectivity index (χ0) is 16.6. The molecule has 8 heteroatoms. The Balaban J connectivity index is 2.17. The first kappa shape index (κ1) is 14.3. The number of benzene rings is 1. The van der Waals surface area contributed by atoms with E-state index >= 15 is 0 Å². The van der Waals surface area contributed by atoms with Crippen LogP contribution in [0.5, 0.6) is 5.75 Å². The average Bonchev–Trinajstić information content (AvgIpc) is 2.80. The number of nitrogens with one attached hydrogen (secondary N) is 1. The van der Waals surface area contributed by atoms with Gasteiger partial charge in [-0.1, -0.05) is 6.07 Å². The molecule has 0 spiro atoms. The summed E-state index contributed by atoms with van der Waals surface area (Å²) in [6.07, 6.45) is 0. The lowest BCUT2D eigenvalue weighted by molar-refractivity contribution is 0.0880. The second-order valence-corrected chi connectivity index (χ2v) is 4.72. The Kier molecular flexibility index (Phi) is 3.31. The fraction of sp³-hybridized carbons (Fsp3) is 0.0667. The first-order valence-corrected chi connectivity index (χ1v) is 6.54. The van der Waals surface area contributed by atoms with Gasteiger partial charge in [-0.15, -0.1) is 0 Å². The minimum atomic E-state index is -0.646. The quantitative estimate of drug-likeness (QED) is 0.780. The Bertz CT molecular complexity index is 939. The number of imide groups is 1. The predicted molar refractivity (Wildman–Crippen MR) is 79.4 cm³/mol. The molecule has 3 rings (SSSR count). The van der Waals surface area contributed by atoms with Crippen LogP contribution < -0.4 is 21.3 Å². The van der Waals surface area contributed by atoms with E-state index in [0.717, 1.165) is 10.6 Å². The highest BCUT2D eigenvalue weighted by Crippen LogP contribution is 2.24. The molecular weight excluding hydrogens is 300 g/mol. The van der Waals surface area contributed by atoms with E-state index in [9.17, 15) is 14.4 Å². The number of amides is 2. The smallest absolute Gasteiger partial charge is 0.262 e. The zero-order valence-corrected chi connectivity index (χ0v) is 11.7. The Morgan fingerprint density at radius 2 is 2.00 bits per heavy atom. The number of pyridine rings is 1. The van der Waals surface area contributed by atoms with Gasteiger partial charge in [0.05, 0.1) is 16.8 Å². The molecule has 0 fully saturated rings. The molecule has 0 saturated carbocycles. The number of aromatic nitrogens is 1. The predicted octanol–water partition coefficient (Wildman–Crippen LogP) is 0.206. The fourth-order valence-corrected chi connectivity index (χ4v) is 2.37. The molecule has 0 saturated heterocycles. The molecule has 1 aliphatic rings. The molecule has 2 aromatic rings. The van der Waals surface area contributed by atoms with Gasteiger partial charge in [-0.05, 0) is 12.1 Å². The maximum atomic E-state index is 12.3. The van der Waals surface area contributed by atoms with Crippen molar-refractivity contribution in [3.05, 3.63) is 51.8 Å². The number of hydrogen-bond donors (Lipinski definition) is 2. The highest BCUT2D eigenvalue weighted by molar-refractivity contribution is 6.23. The number of carbonyl (C=O) groups is 2. The van der Waals surface area contributed by atoms with Crippen LogP contribution in [0.4, 0.5) is 5.82 Å². The minimum absolute atomic E-state index is 0.0297. The van der Waals surface area contributed by atoms with Gasteiger partial charge in [0.2, 0.25) is 0 Å². The number of nitrogen functional groups attached to an aromatic ring is 1.